The number of aliphatic carboxylic acids is 1. The molecule has 2 aromatic rings. The summed E-state index contributed by atoms with van der Waals surface area (Å²) in [5, 5.41) is 15.1. The molecule has 7 nitrogen and oxygen atoms in total. The second-order valence-corrected chi connectivity index (χ2v) is 7.56. The number of urea groups is 1. The van der Waals surface area contributed by atoms with Crippen molar-refractivity contribution in [3.05, 3.63) is 54.1 Å². The molecule has 7 heteroatoms. The minimum Gasteiger partial charge on any atom is -0.544 e. The molecule has 2 N–H and O–H groups in total. The van der Waals surface area contributed by atoms with E-state index in [0.717, 1.165) is 5.56 Å². The fourth-order valence-corrected chi connectivity index (χ4v) is 4.16. The maximum Gasteiger partial charge on any atom is 0.417 e. The van der Waals surface area contributed by atoms with Crippen LogP contribution in [0.4, 0.5) is 4.79 Å². The Kier molecular flexibility index (Phi) is 5.60. The zero-order valence-corrected chi connectivity index (χ0v) is 15.7. The van der Waals surface area contributed by atoms with E-state index in [9.17, 15) is 14.7 Å². The van der Waals surface area contributed by atoms with E-state index in [1.165, 1.54) is 6.33 Å². The Bertz CT molecular complexity index is 776. The van der Waals surface area contributed by atoms with Gasteiger partial charge in [0.05, 0.1) is 12.9 Å². The highest BCUT2D eigenvalue weighted by Crippen LogP contribution is 2.39. The minimum atomic E-state index is -1.22. The number of carbonyl (C=O) groups is 2. The zero-order valence-electron chi connectivity index (χ0n) is 15.7. The van der Waals surface area contributed by atoms with E-state index in [2.05, 4.69) is 29.1 Å². The van der Waals surface area contributed by atoms with Crippen LogP contribution < -0.4 is 10.4 Å². The van der Waals surface area contributed by atoms with Gasteiger partial charge >= 0.3 is 6.03 Å². The molecule has 1 aliphatic heterocycles. The number of carbonyl (C=O) groups excluding carboxylic acids is 2. The van der Waals surface area contributed by atoms with Crippen molar-refractivity contribution in [3.8, 4) is 0 Å². The molecule has 2 amide bonds. The van der Waals surface area contributed by atoms with Gasteiger partial charge in [0.1, 0.15) is 24.6 Å². The molecule has 3 atom stereocenters. The van der Waals surface area contributed by atoms with E-state index >= 15 is 0 Å². The van der Waals surface area contributed by atoms with Crippen molar-refractivity contribution in [2.45, 2.75) is 38.8 Å². The van der Waals surface area contributed by atoms with Crippen LogP contribution in [-0.4, -0.2) is 45.6 Å². The number of H-pyrrole nitrogens is 1. The lowest BCUT2D eigenvalue weighted by atomic mass is 9.90. The molecule has 27 heavy (non-hydrogen) atoms. The Morgan fingerprint density at radius 1 is 1.30 bits per heavy atom. The normalized spacial score (nSPS) is 21.8. The maximum atomic E-state index is 13.1. The van der Waals surface area contributed by atoms with Gasteiger partial charge in [-0.05, 0) is 5.92 Å². The summed E-state index contributed by atoms with van der Waals surface area (Å²) in [6.45, 7) is 5.04. The van der Waals surface area contributed by atoms with Crippen LogP contribution in [0.3, 0.4) is 0 Å². The van der Waals surface area contributed by atoms with Gasteiger partial charge in [-0.25, -0.2) is 14.3 Å². The highest BCUT2D eigenvalue weighted by atomic mass is 16.4. The van der Waals surface area contributed by atoms with Crippen LogP contribution in [0, 0.1) is 5.92 Å². The summed E-state index contributed by atoms with van der Waals surface area (Å²) in [6.07, 6.45) is 3.97. The predicted octanol–water partition coefficient (Wildman–Crippen LogP) is 1.40. The number of carboxylic acids is 1. The lowest BCUT2D eigenvalue weighted by Crippen LogP contribution is -2.65. The van der Waals surface area contributed by atoms with Gasteiger partial charge in [0, 0.05) is 30.3 Å². The first-order valence-corrected chi connectivity index (χ1v) is 9.34. The second kappa shape index (κ2) is 7.92. The number of nitrogens with zero attached hydrogens (tertiary/aromatic N) is 2. The van der Waals surface area contributed by atoms with Crippen molar-refractivity contribution >= 4 is 12.0 Å². The number of hydrogen-bond donors (Lipinski definition) is 2. The first-order valence-electron chi connectivity index (χ1n) is 9.34. The van der Waals surface area contributed by atoms with Crippen LogP contribution in [0.15, 0.2) is 42.9 Å². The monoisotopic (exact) mass is 370 g/mol. The summed E-state index contributed by atoms with van der Waals surface area (Å²) >= 11 is 0. The summed E-state index contributed by atoms with van der Waals surface area (Å²) in [5.41, 5.74) is 1.65. The predicted molar refractivity (Wildman–Crippen MR) is 98.3 cm³/mol. The van der Waals surface area contributed by atoms with Gasteiger partial charge in [0.2, 0.25) is 0 Å². The number of quaternary nitrogens is 1. The largest absolute Gasteiger partial charge is 0.544 e. The van der Waals surface area contributed by atoms with Crippen molar-refractivity contribution in [1.29, 1.82) is 0 Å². The number of amides is 2. The van der Waals surface area contributed by atoms with Crippen molar-refractivity contribution < 1.29 is 19.2 Å². The molecule has 0 saturated carbocycles. The third-order valence-corrected chi connectivity index (χ3v) is 5.37. The number of rotatable bonds is 8. The molecule has 1 aliphatic rings. The second-order valence-electron chi connectivity index (χ2n) is 7.56. The van der Waals surface area contributed by atoms with Gasteiger partial charge < -0.3 is 14.9 Å². The first kappa shape index (κ1) is 19.1. The fraction of sp³-hybridized carbons (Fsp3) is 0.450. The van der Waals surface area contributed by atoms with E-state index in [0.29, 0.717) is 31.1 Å². The fourth-order valence-electron chi connectivity index (χ4n) is 4.16. The van der Waals surface area contributed by atoms with E-state index in [-0.39, 0.29) is 23.0 Å². The number of benzene rings is 1. The number of imidazole rings is 1. The number of aromatic amines is 1. The average molecular weight is 370 g/mol. The van der Waals surface area contributed by atoms with Crippen LogP contribution in [-0.2, 0) is 11.2 Å². The summed E-state index contributed by atoms with van der Waals surface area (Å²) < 4.78 is -0.177. The lowest BCUT2D eigenvalue weighted by Gasteiger charge is -2.44. The number of nitrogens with one attached hydrogen (secondary N) is 2. The van der Waals surface area contributed by atoms with Crippen molar-refractivity contribution in [2.24, 2.45) is 5.92 Å². The van der Waals surface area contributed by atoms with Crippen molar-refractivity contribution in [2.75, 3.05) is 13.1 Å². The van der Waals surface area contributed by atoms with Gasteiger partial charge in [-0.3, -0.25) is 5.32 Å². The Balaban J connectivity index is 2.11. The molecule has 1 unspecified atom stereocenters. The van der Waals surface area contributed by atoms with Crippen LogP contribution in [0.1, 0.15) is 37.6 Å². The summed E-state index contributed by atoms with van der Waals surface area (Å²) in [5.74, 6) is -0.917. The summed E-state index contributed by atoms with van der Waals surface area (Å²) in [6, 6.07) is 8.20. The molecule has 2 heterocycles. The highest BCUT2D eigenvalue weighted by molar-refractivity contribution is 5.77. The quantitative estimate of drug-likeness (QED) is 0.686. The SMILES string of the molecule is CC(C)C[C@@H](c1ccccc1)[N+]1([C@@H](Cc2cnc[nH]2)C(=O)[O-])CCNC1=O. The number of hydrogen-bond acceptors (Lipinski definition) is 4. The molecular weight excluding hydrogens is 344 g/mol. The van der Waals surface area contributed by atoms with Crippen LogP contribution in [0.2, 0.25) is 0 Å². The zero-order chi connectivity index (χ0) is 19.4. The molecule has 3 rings (SSSR count). The molecule has 1 saturated heterocycles. The van der Waals surface area contributed by atoms with E-state index in [4.69, 9.17) is 0 Å². The van der Waals surface area contributed by atoms with Gasteiger partial charge in [-0.1, -0.05) is 44.2 Å². The lowest BCUT2D eigenvalue weighted by molar-refractivity contribution is -0.892. The van der Waals surface area contributed by atoms with Gasteiger partial charge in [-0.2, -0.15) is 0 Å². The molecule has 0 bridgehead atoms. The average Bonchev–Trinajstić information content (AvgIpc) is 3.28. The molecule has 0 radical (unpaired) electrons. The van der Waals surface area contributed by atoms with Gasteiger partial charge in [-0.15, -0.1) is 0 Å². The first-order chi connectivity index (χ1) is 12.9. The molecule has 144 valence electrons. The Hall–Kier alpha value is -2.67. The smallest absolute Gasteiger partial charge is 0.417 e. The van der Waals surface area contributed by atoms with E-state index in [1.54, 1.807) is 6.20 Å². The molecule has 1 fully saturated rings. The Morgan fingerprint density at radius 3 is 2.56 bits per heavy atom. The van der Waals surface area contributed by atoms with E-state index in [1.807, 2.05) is 30.3 Å². The summed E-state index contributed by atoms with van der Waals surface area (Å²) in [7, 11) is 0. The summed E-state index contributed by atoms with van der Waals surface area (Å²) in [4.78, 5) is 32.3. The minimum absolute atomic E-state index is 0.164. The maximum absolute atomic E-state index is 13.1. The van der Waals surface area contributed by atoms with Crippen molar-refractivity contribution in [1.82, 2.24) is 15.3 Å². The molecule has 0 spiro atoms. The molecule has 1 aromatic heterocycles. The van der Waals surface area contributed by atoms with Crippen LogP contribution >= 0.6 is 0 Å². The van der Waals surface area contributed by atoms with Crippen LogP contribution in [0.25, 0.3) is 0 Å². The molecule has 1 aromatic carbocycles. The van der Waals surface area contributed by atoms with Crippen molar-refractivity contribution in [3.63, 3.8) is 0 Å². The standard InChI is InChI=1S/C20H26N4O3/c1-14(2)10-17(15-6-4-3-5-7-15)24(9-8-22-20(24)27)18(19(25)26)11-16-12-21-13-23-16/h3-7,12-14,17-18H,8-11H2,1-2H3,(H2-,21,22,23,25,26,27)/t17-,18-,24?/m0/s1. The Labute approximate surface area is 159 Å². The third kappa shape index (κ3) is 3.73. The van der Waals surface area contributed by atoms with Gasteiger partial charge in [0.15, 0.2) is 0 Å². The number of carboxylic acid groups (broad SMARTS) is 1. The van der Waals surface area contributed by atoms with Crippen LogP contribution in [0.5, 0.6) is 0 Å². The Morgan fingerprint density at radius 2 is 2.04 bits per heavy atom. The third-order valence-electron chi connectivity index (χ3n) is 5.37. The number of aromatic nitrogens is 2. The highest BCUT2D eigenvalue weighted by Gasteiger charge is 2.54. The topological polar surface area (TPSA) is 97.9 Å². The molecular formula is C20H26N4O3. The molecule has 0 aliphatic carbocycles. The van der Waals surface area contributed by atoms with E-state index < -0.39 is 12.0 Å². The van der Waals surface area contributed by atoms with Gasteiger partial charge in [0.25, 0.3) is 0 Å².